The van der Waals surface area contributed by atoms with Crippen LogP contribution in [0.25, 0.3) is 0 Å². The first-order valence-electron chi connectivity index (χ1n) is 5.09. The van der Waals surface area contributed by atoms with Crippen molar-refractivity contribution in [3.05, 3.63) is 64.1 Å². The lowest BCUT2D eigenvalue weighted by Crippen LogP contribution is -2.23. The standard InChI is InChI=1S/C13H11BrFNO/c1-13(17,9-2-4-11(14)5-3-9)10-6-12(15)8-16-7-10/h2-8,17H,1H3. The number of rotatable bonds is 2. The predicted molar refractivity (Wildman–Crippen MR) is 67.0 cm³/mol. The Kier molecular flexibility index (Phi) is 3.26. The van der Waals surface area contributed by atoms with E-state index in [1.165, 1.54) is 12.3 Å². The zero-order valence-electron chi connectivity index (χ0n) is 9.19. The van der Waals surface area contributed by atoms with Gasteiger partial charge in [0.25, 0.3) is 0 Å². The molecule has 1 aromatic carbocycles. The minimum atomic E-state index is -1.25. The van der Waals surface area contributed by atoms with Gasteiger partial charge in [-0.15, -0.1) is 0 Å². The molecule has 1 N–H and O–H groups in total. The number of hydrogen-bond acceptors (Lipinski definition) is 2. The lowest BCUT2D eigenvalue weighted by Gasteiger charge is -2.24. The highest BCUT2D eigenvalue weighted by Crippen LogP contribution is 2.29. The van der Waals surface area contributed by atoms with Crippen LogP contribution in [0.15, 0.2) is 47.2 Å². The highest BCUT2D eigenvalue weighted by molar-refractivity contribution is 9.10. The second-order valence-corrected chi connectivity index (χ2v) is 4.89. The van der Waals surface area contributed by atoms with Crippen LogP contribution in [0.4, 0.5) is 4.39 Å². The third-order valence-electron chi connectivity index (χ3n) is 2.67. The van der Waals surface area contributed by atoms with Gasteiger partial charge in [-0.2, -0.15) is 0 Å². The van der Waals surface area contributed by atoms with E-state index in [9.17, 15) is 9.50 Å². The lowest BCUT2D eigenvalue weighted by atomic mass is 9.89. The van der Waals surface area contributed by atoms with Gasteiger partial charge in [0.05, 0.1) is 6.20 Å². The number of nitrogens with zero attached hydrogens (tertiary/aromatic N) is 1. The van der Waals surface area contributed by atoms with Gasteiger partial charge in [0, 0.05) is 16.2 Å². The molecule has 0 aliphatic heterocycles. The van der Waals surface area contributed by atoms with E-state index in [1.807, 2.05) is 12.1 Å². The molecule has 17 heavy (non-hydrogen) atoms. The fourth-order valence-corrected chi connectivity index (χ4v) is 1.88. The Morgan fingerprint density at radius 1 is 1.18 bits per heavy atom. The lowest BCUT2D eigenvalue weighted by molar-refractivity contribution is 0.101. The molecule has 0 aliphatic rings. The van der Waals surface area contributed by atoms with Gasteiger partial charge in [-0.1, -0.05) is 28.1 Å². The molecule has 1 aromatic heterocycles. The maximum absolute atomic E-state index is 13.1. The maximum Gasteiger partial charge on any atom is 0.141 e. The molecule has 2 aromatic rings. The molecular formula is C13H11BrFNO. The molecule has 2 nitrogen and oxygen atoms in total. The summed E-state index contributed by atoms with van der Waals surface area (Å²) in [5.41, 5.74) is -0.136. The maximum atomic E-state index is 13.1. The molecule has 0 fully saturated rings. The van der Waals surface area contributed by atoms with Gasteiger partial charge in [0.2, 0.25) is 0 Å². The summed E-state index contributed by atoms with van der Waals surface area (Å²) >= 11 is 3.33. The molecule has 88 valence electrons. The zero-order chi connectivity index (χ0) is 12.5. The highest BCUT2D eigenvalue weighted by atomic mass is 79.9. The van der Waals surface area contributed by atoms with E-state index in [-0.39, 0.29) is 0 Å². The van der Waals surface area contributed by atoms with Gasteiger partial charge >= 0.3 is 0 Å². The number of halogens is 2. The van der Waals surface area contributed by atoms with Crippen LogP contribution in [0.1, 0.15) is 18.1 Å². The summed E-state index contributed by atoms with van der Waals surface area (Å²) in [5.74, 6) is -0.458. The average Bonchev–Trinajstić information content (AvgIpc) is 2.29. The normalized spacial score (nSPS) is 14.4. The molecule has 1 heterocycles. The summed E-state index contributed by atoms with van der Waals surface area (Å²) in [6.07, 6.45) is 2.58. The smallest absolute Gasteiger partial charge is 0.141 e. The largest absolute Gasteiger partial charge is 0.381 e. The van der Waals surface area contributed by atoms with Crippen molar-refractivity contribution in [2.45, 2.75) is 12.5 Å². The minimum Gasteiger partial charge on any atom is -0.381 e. The van der Waals surface area contributed by atoms with E-state index < -0.39 is 11.4 Å². The van der Waals surface area contributed by atoms with Crippen molar-refractivity contribution in [3.63, 3.8) is 0 Å². The molecule has 0 saturated heterocycles. The van der Waals surface area contributed by atoms with Crippen molar-refractivity contribution in [2.24, 2.45) is 0 Å². The van der Waals surface area contributed by atoms with Crippen molar-refractivity contribution >= 4 is 15.9 Å². The van der Waals surface area contributed by atoms with E-state index >= 15 is 0 Å². The number of benzene rings is 1. The van der Waals surface area contributed by atoms with Gasteiger partial charge in [-0.05, 0) is 30.7 Å². The second kappa shape index (κ2) is 4.55. The molecule has 0 bridgehead atoms. The quantitative estimate of drug-likeness (QED) is 0.923. The predicted octanol–water partition coefficient (Wildman–Crippen LogP) is 3.24. The Bertz CT molecular complexity index is 525. The number of aliphatic hydroxyl groups is 1. The van der Waals surface area contributed by atoms with Crippen LogP contribution in [0.2, 0.25) is 0 Å². The van der Waals surface area contributed by atoms with Crippen LogP contribution in [0, 0.1) is 5.82 Å². The molecular weight excluding hydrogens is 285 g/mol. The summed E-state index contributed by atoms with van der Waals surface area (Å²) in [6, 6.07) is 8.52. The van der Waals surface area contributed by atoms with E-state index in [2.05, 4.69) is 20.9 Å². The third kappa shape index (κ3) is 2.53. The second-order valence-electron chi connectivity index (χ2n) is 3.97. The third-order valence-corrected chi connectivity index (χ3v) is 3.20. The van der Waals surface area contributed by atoms with E-state index in [4.69, 9.17) is 0 Å². The van der Waals surface area contributed by atoms with Gasteiger partial charge in [-0.25, -0.2) is 4.39 Å². The van der Waals surface area contributed by atoms with Crippen LogP contribution in [0.5, 0.6) is 0 Å². The Hall–Kier alpha value is -1.26. The molecule has 1 atom stereocenters. The van der Waals surface area contributed by atoms with Crippen LogP contribution in [-0.2, 0) is 5.60 Å². The summed E-state index contributed by atoms with van der Waals surface area (Å²) < 4.78 is 14.0. The van der Waals surface area contributed by atoms with Crippen molar-refractivity contribution in [3.8, 4) is 0 Å². The zero-order valence-corrected chi connectivity index (χ0v) is 10.8. The fraction of sp³-hybridized carbons (Fsp3) is 0.154. The van der Waals surface area contributed by atoms with Gasteiger partial charge in [-0.3, -0.25) is 4.98 Å². The molecule has 0 aliphatic carbocycles. The monoisotopic (exact) mass is 295 g/mol. The van der Waals surface area contributed by atoms with Crippen molar-refractivity contribution in [2.75, 3.05) is 0 Å². The molecule has 0 amide bonds. The van der Waals surface area contributed by atoms with Crippen LogP contribution in [0.3, 0.4) is 0 Å². The number of pyridine rings is 1. The molecule has 4 heteroatoms. The van der Waals surface area contributed by atoms with Crippen LogP contribution < -0.4 is 0 Å². The molecule has 0 spiro atoms. The fourth-order valence-electron chi connectivity index (χ4n) is 1.62. The molecule has 2 rings (SSSR count). The van der Waals surface area contributed by atoms with Crippen molar-refractivity contribution in [1.29, 1.82) is 0 Å². The van der Waals surface area contributed by atoms with E-state index in [0.717, 1.165) is 10.7 Å². The van der Waals surface area contributed by atoms with Crippen molar-refractivity contribution < 1.29 is 9.50 Å². The first-order chi connectivity index (χ1) is 8.00. The van der Waals surface area contributed by atoms with Crippen molar-refractivity contribution in [1.82, 2.24) is 4.98 Å². The molecule has 0 saturated carbocycles. The summed E-state index contributed by atoms with van der Waals surface area (Å²) in [5, 5.41) is 10.5. The summed E-state index contributed by atoms with van der Waals surface area (Å²) in [4.78, 5) is 3.75. The van der Waals surface area contributed by atoms with E-state index in [0.29, 0.717) is 11.1 Å². The first kappa shape index (κ1) is 12.2. The topological polar surface area (TPSA) is 33.1 Å². The molecule has 1 unspecified atom stereocenters. The first-order valence-corrected chi connectivity index (χ1v) is 5.89. The Morgan fingerprint density at radius 3 is 2.41 bits per heavy atom. The van der Waals surface area contributed by atoms with Crippen LogP contribution >= 0.6 is 15.9 Å². The van der Waals surface area contributed by atoms with Gasteiger partial charge in [0.1, 0.15) is 11.4 Å². The molecule has 0 radical (unpaired) electrons. The number of hydrogen-bond donors (Lipinski definition) is 1. The average molecular weight is 296 g/mol. The highest BCUT2D eigenvalue weighted by Gasteiger charge is 2.26. The minimum absolute atomic E-state index is 0.430. The summed E-state index contributed by atoms with van der Waals surface area (Å²) in [6.45, 7) is 1.62. The Morgan fingerprint density at radius 2 is 1.82 bits per heavy atom. The van der Waals surface area contributed by atoms with E-state index in [1.54, 1.807) is 19.1 Å². The van der Waals surface area contributed by atoms with Gasteiger partial charge in [0.15, 0.2) is 0 Å². The Labute approximate surface area is 107 Å². The van der Waals surface area contributed by atoms with Gasteiger partial charge < -0.3 is 5.11 Å². The van der Waals surface area contributed by atoms with Crippen LogP contribution in [-0.4, -0.2) is 10.1 Å². The SMILES string of the molecule is CC(O)(c1ccc(Br)cc1)c1cncc(F)c1. The number of aromatic nitrogens is 1. The summed E-state index contributed by atoms with van der Waals surface area (Å²) in [7, 11) is 0. The Balaban J connectivity index is 2.45.